The SMILES string of the molecule is CC(CN)CCN1CCCc2ccccc2C1. The van der Waals surface area contributed by atoms with E-state index in [0.717, 1.165) is 13.1 Å². The second kappa shape index (κ2) is 6.18. The average molecular weight is 232 g/mol. The van der Waals surface area contributed by atoms with Crippen molar-refractivity contribution in [3.05, 3.63) is 35.4 Å². The van der Waals surface area contributed by atoms with E-state index in [4.69, 9.17) is 5.73 Å². The minimum Gasteiger partial charge on any atom is -0.330 e. The van der Waals surface area contributed by atoms with Gasteiger partial charge in [0, 0.05) is 6.54 Å². The van der Waals surface area contributed by atoms with Crippen molar-refractivity contribution in [3.8, 4) is 0 Å². The summed E-state index contributed by atoms with van der Waals surface area (Å²) in [5, 5.41) is 0. The highest BCUT2D eigenvalue weighted by molar-refractivity contribution is 5.27. The zero-order chi connectivity index (χ0) is 12.1. The van der Waals surface area contributed by atoms with Gasteiger partial charge in [0.05, 0.1) is 0 Å². The van der Waals surface area contributed by atoms with E-state index < -0.39 is 0 Å². The first-order valence-corrected chi connectivity index (χ1v) is 6.79. The van der Waals surface area contributed by atoms with Gasteiger partial charge < -0.3 is 5.73 Å². The molecule has 0 amide bonds. The maximum atomic E-state index is 5.68. The molecule has 0 saturated carbocycles. The number of hydrogen-bond donors (Lipinski definition) is 1. The molecule has 0 saturated heterocycles. The van der Waals surface area contributed by atoms with Crippen molar-refractivity contribution in [2.45, 2.75) is 32.7 Å². The number of rotatable bonds is 4. The van der Waals surface area contributed by atoms with E-state index in [1.165, 1.54) is 37.9 Å². The molecule has 1 unspecified atom stereocenters. The van der Waals surface area contributed by atoms with Crippen LogP contribution in [0, 0.1) is 5.92 Å². The minimum atomic E-state index is 0.647. The first kappa shape index (κ1) is 12.6. The van der Waals surface area contributed by atoms with Crippen LogP contribution >= 0.6 is 0 Å². The lowest BCUT2D eigenvalue weighted by Gasteiger charge is -2.22. The summed E-state index contributed by atoms with van der Waals surface area (Å²) in [4.78, 5) is 2.58. The lowest BCUT2D eigenvalue weighted by atomic mass is 10.0. The van der Waals surface area contributed by atoms with Crippen LogP contribution in [-0.4, -0.2) is 24.5 Å². The lowest BCUT2D eigenvalue weighted by Crippen LogP contribution is -2.27. The Morgan fingerprint density at radius 2 is 2.06 bits per heavy atom. The summed E-state index contributed by atoms with van der Waals surface area (Å²) in [6, 6.07) is 8.87. The molecule has 0 fully saturated rings. The summed E-state index contributed by atoms with van der Waals surface area (Å²) in [7, 11) is 0. The van der Waals surface area contributed by atoms with Crippen LogP contribution in [0.25, 0.3) is 0 Å². The summed E-state index contributed by atoms with van der Waals surface area (Å²) in [6.45, 7) is 6.59. The third kappa shape index (κ3) is 3.55. The smallest absolute Gasteiger partial charge is 0.0236 e. The van der Waals surface area contributed by atoms with Gasteiger partial charge in [-0.05, 0) is 55.9 Å². The molecule has 2 heteroatoms. The molecule has 0 bridgehead atoms. The number of nitrogens with two attached hydrogens (primary N) is 1. The fourth-order valence-corrected chi connectivity index (χ4v) is 2.48. The Kier molecular flexibility index (Phi) is 4.57. The van der Waals surface area contributed by atoms with Crippen LogP contribution in [0.3, 0.4) is 0 Å². The number of nitrogens with zero attached hydrogens (tertiary/aromatic N) is 1. The highest BCUT2D eigenvalue weighted by Crippen LogP contribution is 2.18. The standard InChI is InChI=1S/C15H24N2/c1-13(11-16)8-10-17-9-4-7-14-5-2-3-6-15(14)12-17/h2-3,5-6,13H,4,7-12,16H2,1H3. The summed E-state index contributed by atoms with van der Waals surface area (Å²) in [6.07, 6.45) is 3.74. The molecule has 0 aliphatic carbocycles. The molecule has 1 atom stereocenters. The molecule has 94 valence electrons. The highest BCUT2D eigenvalue weighted by Gasteiger charge is 2.14. The Morgan fingerprint density at radius 3 is 2.82 bits per heavy atom. The van der Waals surface area contributed by atoms with Gasteiger partial charge in [-0.2, -0.15) is 0 Å². The predicted molar refractivity (Wildman–Crippen MR) is 72.9 cm³/mol. The number of hydrogen-bond acceptors (Lipinski definition) is 2. The third-order valence-electron chi connectivity index (χ3n) is 3.77. The second-order valence-corrected chi connectivity index (χ2v) is 5.28. The van der Waals surface area contributed by atoms with Gasteiger partial charge in [0.1, 0.15) is 0 Å². The van der Waals surface area contributed by atoms with Crippen molar-refractivity contribution in [2.75, 3.05) is 19.6 Å². The predicted octanol–water partition coefficient (Wildman–Crippen LogP) is 2.42. The Labute approximate surface area is 105 Å². The highest BCUT2D eigenvalue weighted by atomic mass is 15.1. The maximum absolute atomic E-state index is 5.68. The Morgan fingerprint density at radius 1 is 1.29 bits per heavy atom. The molecule has 1 aromatic rings. The van der Waals surface area contributed by atoms with Crippen LogP contribution in [-0.2, 0) is 13.0 Å². The number of fused-ring (bicyclic) bond motifs is 1. The van der Waals surface area contributed by atoms with Crippen molar-refractivity contribution in [1.29, 1.82) is 0 Å². The first-order chi connectivity index (χ1) is 8.29. The van der Waals surface area contributed by atoms with Gasteiger partial charge in [-0.3, -0.25) is 4.90 Å². The van der Waals surface area contributed by atoms with E-state index >= 15 is 0 Å². The zero-order valence-corrected chi connectivity index (χ0v) is 10.9. The second-order valence-electron chi connectivity index (χ2n) is 5.28. The first-order valence-electron chi connectivity index (χ1n) is 6.79. The van der Waals surface area contributed by atoms with Gasteiger partial charge >= 0.3 is 0 Å². The number of aryl methyl sites for hydroxylation is 1. The fourth-order valence-electron chi connectivity index (χ4n) is 2.48. The van der Waals surface area contributed by atoms with Crippen LogP contribution in [0.5, 0.6) is 0 Å². The van der Waals surface area contributed by atoms with E-state index in [1.54, 1.807) is 5.56 Å². The average Bonchev–Trinajstić information content (AvgIpc) is 2.57. The summed E-state index contributed by atoms with van der Waals surface area (Å²) in [5.41, 5.74) is 8.74. The minimum absolute atomic E-state index is 0.647. The van der Waals surface area contributed by atoms with Crippen LogP contribution in [0.4, 0.5) is 0 Å². The topological polar surface area (TPSA) is 29.3 Å². The molecule has 1 heterocycles. The zero-order valence-electron chi connectivity index (χ0n) is 10.9. The lowest BCUT2D eigenvalue weighted by molar-refractivity contribution is 0.251. The summed E-state index contributed by atoms with van der Waals surface area (Å²) in [5.74, 6) is 0.647. The van der Waals surface area contributed by atoms with E-state index in [2.05, 4.69) is 36.1 Å². The molecule has 1 aliphatic rings. The van der Waals surface area contributed by atoms with Crippen molar-refractivity contribution in [2.24, 2.45) is 11.7 Å². The van der Waals surface area contributed by atoms with Gasteiger partial charge in [0.2, 0.25) is 0 Å². The van der Waals surface area contributed by atoms with Gasteiger partial charge in [0.25, 0.3) is 0 Å². The van der Waals surface area contributed by atoms with E-state index in [0.29, 0.717) is 5.92 Å². The van der Waals surface area contributed by atoms with E-state index in [1.807, 2.05) is 0 Å². The van der Waals surface area contributed by atoms with Gasteiger partial charge in [-0.15, -0.1) is 0 Å². The van der Waals surface area contributed by atoms with Gasteiger partial charge in [-0.1, -0.05) is 31.2 Å². The van der Waals surface area contributed by atoms with E-state index in [9.17, 15) is 0 Å². The van der Waals surface area contributed by atoms with Crippen LogP contribution in [0.15, 0.2) is 24.3 Å². The molecule has 1 aromatic carbocycles. The van der Waals surface area contributed by atoms with Crippen LogP contribution < -0.4 is 5.73 Å². The van der Waals surface area contributed by atoms with Crippen LogP contribution in [0.1, 0.15) is 30.9 Å². The molecule has 17 heavy (non-hydrogen) atoms. The van der Waals surface area contributed by atoms with Crippen molar-refractivity contribution >= 4 is 0 Å². The van der Waals surface area contributed by atoms with Crippen molar-refractivity contribution < 1.29 is 0 Å². The molecule has 0 radical (unpaired) electrons. The third-order valence-corrected chi connectivity index (χ3v) is 3.77. The quantitative estimate of drug-likeness (QED) is 0.864. The van der Waals surface area contributed by atoms with E-state index in [-0.39, 0.29) is 0 Å². The molecule has 0 aromatic heterocycles. The monoisotopic (exact) mass is 232 g/mol. The van der Waals surface area contributed by atoms with Crippen molar-refractivity contribution in [1.82, 2.24) is 4.90 Å². The van der Waals surface area contributed by atoms with Crippen LogP contribution in [0.2, 0.25) is 0 Å². The molecule has 1 aliphatic heterocycles. The van der Waals surface area contributed by atoms with Gasteiger partial charge in [-0.25, -0.2) is 0 Å². The summed E-state index contributed by atoms with van der Waals surface area (Å²) >= 11 is 0. The maximum Gasteiger partial charge on any atom is 0.0236 e. The Balaban J connectivity index is 1.94. The molecule has 2 rings (SSSR count). The molecule has 2 N–H and O–H groups in total. The molecule has 2 nitrogen and oxygen atoms in total. The van der Waals surface area contributed by atoms with Gasteiger partial charge in [0.15, 0.2) is 0 Å². The molecular weight excluding hydrogens is 208 g/mol. The Hall–Kier alpha value is -0.860. The summed E-state index contributed by atoms with van der Waals surface area (Å²) < 4.78 is 0. The molecular formula is C15H24N2. The largest absolute Gasteiger partial charge is 0.330 e. The molecule has 0 spiro atoms. The van der Waals surface area contributed by atoms with Crippen molar-refractivity contribution in [3.63, 3.8) is 0 Å². The Bertz CT molecular complexity index is 349. The fraction of sp³-hybridized carbons (Fsp3) is 0.600. The number of benzene rings is 1. The normalized spacial score (nSPS) is 18.5.